The average Bonchev–Trinajstić information content (AvgIpc) is 3.03. The van der Waals surface area contributed by atoms with E-state index in [0.717, 1.165) is 4.31 Å². The van der Waals surface area contributed by atoms with Crippen LogP contribution in [-0.2, 0) is 26.2 Å². The molecule has 1 atom stereocenters. The van der Waals surface area contributed by atoms with Gasteiger partial charge in [-0.2, -0.15) is 0 Å². The van der Waals surface area contributed by atoms with E-state index in [2.05, 4.69) is 5.32 Å². The van der Waals surface area contributed by atoms with Crippen LogP contribution in [0, 0.1) is 5.92 Å². The Labute approximate surface area is 274 Å². The first-order valence-corrected chi connectivity index (χ1v) is 16.6. The number of carbonyl (C=O) groups is 2. The van der Waals surface area contributed by atoms with Crippen molar-refractivity contribution in [3.63, 3.8) is 0 Å². The van der Waals surface area contributed by atoms with Crippen LogP contribution in [0.2, 0.25) is 10.0 Å². The van der Waals surface area contributed by atoms with Crippen LogP contribution in [0.25, 0.3) is 0 Å². The maximum Gasteiger partial charge on any atom is 0.264 e. The predicted molar refractivity (Wildman–Crippen MR) is 178 cm³/mol. The number of anilines is 1. The number of hydrogen-bond donors (Lipinski definition) is 1. The molecule has 8 nitrogen and oxygen atoms in total. The third kappa shape index (κ3) is 8.78. The second-order valence-corrected chi connectivity index (χ2v) is 13.4. The van der Waals surface area contributed by atoms with E-state index in [1.807, 2.05) is 32.0 Å². The number of sulfonamides is 1. The Morgan fingerprint density at radius 3 is 1.91 bits per heavy atom. The normalized spacial score (nSPS) is 12.0. The lowest BCUT2D eigenvalue weighted by Crippen LogP contribution is -2.51. The zero-order valence-corrected chi connectivity index (χ0v) is 27.5. The zero-order chi connectivity index (χ0) is 32.6. The SMILES string of the molecule is CC(C)CNC(=O)[C@H](C)N(Cc1c(Cl)cccc1Cl)C(=O)CN(c1ccc(Oc2ccccc2)cc1)S(=O)(=O)c1ccccc1. The minimum absolute atomic E-state index is 0.00540. The fraction of sp³-hybridized carbons (Fsp3) is 0.235. The molecule has 0 aliphatic carbocycles. The summed E-state index contributed by atoms with van der Waals surface area (Å²) in [5, 5.41) is 3.49. The minimum Gasteiger partial charge on any atom is -0.457 e. The highest BCUT2D eigenvalue weighted by Crippen LogP contribution is 2.30. The van der Waals surface area contributed by atoms with E-state index in [4.69, 9.17) is 27.9 Å². The van der Waals surface area contributed by atoms with Gasteiger partial charge in [-0.25, -0.2) is 8.42 Å². The Morgan fingerprint density at radius 2 is 1.33 bits per heavy atom. The van der Waals surface area contributed by atoms with Gasteiger partial charge in [-0.1, -0.05) is 79.5 Å². The third-order valence-electron chi connectivity index (χ3n) is 6.96. The van der Waals surface area contributed by atoms with Gasteiger partial charge in [0.1, 0.15) is 24.1 Å². The number of hydrogen-bond acceptors (Lipinski definition) is 5. The lowest BCUT2D eigenvalue weighted by molar-refractivity contribution is -0.139. The van der Waals surface area contributed by atoms with Crippen molar-refractivity contribution in [2.45, 2.75) is 38.3 Å². The van der Waals surface area contributed by atoms with Crippen LogP contribution in [0.5, 0.6) is 11.5 Å². The third-order valence-corrected chi connectivity index (χ3v) is 9.45. The summed E-state index contributed by atoms with van der Waals surface area (Å²) in [6, 6.07) is 27.4. The number of halogens is 2. The summed E-state index contributed by atoms with van der Waals surface area (Å²) in [5.74, 6) is 0.276. The van der Waals surface area contributed by atoms with Crippen molar-refractivity contribution >= 4 is 50.7 Å². The fourth-order valence-electron chi connectivity index (χ4n) is 4.44. The molecule has 0 unspecified atom stereocenters. The highest BCUT2D eigenvalue weighted by atomic mass is 35.5. The Bertz CT molecular complexity index is 1680. The largest absolute Gasteiger partial charge is 0.457 e. The number of carbonyl (C=O) groups excluding carboxylic acids is 2. The molecule has 0 spiro atoms. The summed E-state index contributed by atoms with van der Waals surface area (Å²) < 4.78 is 34.9. The quantitative estimate of drug-likeness (QED) is 0.163. The van der Waals surface area contributed by atoms with Crippen LogP contribution >= 0.6 is 23.2 Å². The molecule has 0 saturated heterocycles. The molecule has 4 aromatic carbocycles. The molecule has 11 heteroatoms. The van der Waals surface area contributed by atoms with Gasteiger partial charge in [0.15, 0.2) is 0 Å². The van der Waals surface area contributed by atoms with Crippen LogP contribution in [-0.4, -0.2) is 44.3 Å². The Balaban J connectivity index is 1.71. The maximum atomic E-state index is 14.2. The van der Waals surface area contributed by atoms with Crippen molar-refractivity contribution < 1.29 is 22.7 Å². The summed E-state index contributed by atoms with van der Waals surface area (Å²) in [7, 11) is -4.22. The number of nitrogens with one attached hydrogen (secondary N) is 1. The molecule has 0 aromatic heterocycles. The molecule has 4 aromatic rings. The summed E-state index contributed by atoms with van der Waals surface area (Å²) >= 11 is 12.9. The number of nitrogens with zero attached hydrogens (tertiary/aromatic N) is 2. The summed E-state index contributed by atoms with van der Waals surface area (Å²) in [6.45, 7) is 5.20. The molecule has 0 bridgehead atoms. The van der Waals surface area contributed by atoms with E-state index >= 15 is 0 Å². The van der Waals surface area contributed by atoms with Gasteiger partial charge in [0, 0.05) is 28.7 Å². The van der Waals surface area contributed by atoms with Gasteiger partial charge in [-0.15, -0.1) is 0 Å². The Hall–Kier alpha value is -4.05. The Morgan fingerprint density at radius 1 is 0.778 bits per heavy atom. The summed E-state index contributed by atoms with van der Waals surface area (Å²) in [5.41, 5.74) is 0.679. The molecule has 0 aliphatic heterocycles. The van der Waals surface area contributed by atoms with Crippen molar-refractivity contribution in [1.82, 2.24) is 10.2 Å². The van der Waals surface area contributed by atoms with Gasteiger partial charge < -0.3 is 15.0 Å². The van der Waals surface area contributed by atoms with E-state index in [1.165, 1.54) is 17.0 Å². The van der Waals surface area contributed by atoms with Crippen molar-refractivity contribution in [3.05, 3.63) is 119 Å². The molecule has 0 fully saturated rings. The number of ether oxygens (including phenoxy) is 1. The monoisotopic (exact) mass is 667 g/mol. The smallest absolute Gasteiger partial charge is 0.264 e. The topological polar surface area (TPSA) is 96.0 Å². The van der Waals surface area contributed by atoms with Crippen LogP contribution in [0.1, 0.15) is 26.3 Å². The van der Waals surface area contributed by atoms with Crippen LogP contribution in [0.4, 0.5) is 5.69 Å². The highest BCUT2D eigenvalue weighted by Gasteiger charge is 2.33. The van der Waals surface area contributed by atoms with E-state index in [-0.39, 0.29) is 29.0 Å². The molecular formula is C34H35Cl2N3O5S. The van der Waals surface area contributed by atoms with Gasteiger partial charge in [0.2, 0.25) is 11.8 Å². The first-order valence-electron chi connectivity index (χ1n) is 14.4. The zero-order valence-electron chi connectivity index (χ0n) is 25.2. The standard InChI is InChI=1S/C34H35Cl2N3O5S/c1-24(2)21-37-34(41)25(3)38(22-30-31(35)15-10-16-32(30)36)33(40)23-39(45(42,43)29-13-8-5-9-14-29)26-17-19-28(20-18-26)44-27-11-6-4-7-12-27/h4-20,24-25H,21-23H2,1-3H3,(H,37,41)/t25-/m0/s1. The summed E-state index contributed by atoms with van der Waals surface area (Å²) in [6.07, 6.45) is 0. The van der Waals surface area contributed by atoms with Gasteiger partial charge in [0.25, 0.3) is 10.0 Å². The van der Waals surface area contributed by atoms with Crippen molar-refractivity contribution in [2.24, 2.45) is 5.92 Å². The average molecular weight is 669 g/mol. The molecule has 2 amide bonds. The highest BCUT2D eigenvalue weighted by molar-refractivity contribution is 7.92. The number of benzene rings is 4. The lowest BCUT2D eigenvalue weighted by atomic mass is 10.1. The lowest BCUT2D eigenvalue weighted by Gasteiger charge is -2.32. The second kappa shape index (κ2) is 15.3. The van der Waals surface area contributed by atoms with E-state index in [0.29, 0.717) is 33.7 Å². The molecule has 0 saturated carbocycles. The van der Waals surface area contributed by atoms with E-state index in [1.54, 1.807) is 79.7 Å². The van der Waals surface area contributed by atoms with Crippen molar-refractivity contribution in [3.8, 4) is 11.5 Å². The van der Waals surface area contributed by atoms with Gasteiger partial charge >= 0.3 is 0 Å². The first kappa shape index (κ1) is 33.8. The van der Waals surface area contributed by atoms with Crippen molar-refractivity contribution in [2.75, 3.05) is 17.4 Å². The number of para-hydroxylation sites is 1. The fourth-order valence-corrected chi connectivity index (χ4v) is 6.39. The Kier molecular flexibility index (Phi) is 11.5. The van der Waals surface area contributed by atoms with Crippen molar-refractivity contribution in [1.29, 1.82) is 0 Å². The number of rotatable bonds is 13. The molecule has 45 heavy (non-hydrogen) atoms. The first-order chi connectivity index (χ1) is 21.5. The number of amides is 2. The van der Waals surface area contributed by atoms with E-state index in [9.17, 15) is 18.0 Å². The van der Waals surface area contributed by atoms with Gasteiger partial charge in [0.05, 0.1) is 10.6 Å². The molecule has 4 rings (SSSR count). The molecule has 0 aliphatic rings. The minimum atomic E-state index is -4.22. The van der Waals surface area contributed by atoms with Crippen LogP contribution in [0.3, 0.4) is 0 Å². The molecule has 0 heterocycles. The van der Waals surface area contributed by atoms with Crippen LogP contribution in [0.15, 0.2) is 108 Å². The predicted octanol–water partition coefficient (Wildman–Crippen LogP) is 7.17. The van der Waals surface area contributed by atoms with Crippen LogP contribution < -0.4 is 14.4 Å². The molecular weight excluding hydrogens is 633 g/mol. The molecule has 0 radical (unpaired) electrons. The molecule has 236 valence electrons. The second-order valence-electron chi connectivity index (χ2n) is 10.8. The summed E-state index contributed by atoms with van der Waals surface area (Å²) in [4.78, 5) is 28.7. The van der Waals surface area contributed by atoms with Gasteiger partial charge in [-0.3, -0.25) is 13.9 Å². The molecule has 1 N–H and O–H groups in total. The van der Waals surface area contributed by atoms with Gasteiger partial charge in [-0.05, 0) is 73.5 Å². The maximum absolute atomic E-state index is 14.2. The van der Waals surface area contributed by atoms with E-state index < -0.39 is 28.5 Å².